The van der Waals surface area contributed by atoms with Crippen molar-refractivity contribution in [2.24, 2.45) is 0 Å². The molecule has 3 aromatic carbocycles. The number of aryl methyl sites for hydroxylation is 3. The van der Waals surface area contributed by atoms with Crippen LogP contribution in [0.2, 0.25) is 0 Å². The Kier molecular flexibility index (Phi) is 6.35. The van der Waals surface area contributed by atoms with Gasteiger partial charge in [0.25, 0.3) is 0 Å². The van der Waals surface area contributed by atoms with E-state index >= 15 is 0 Å². The Morgan fingerprint density at radius 2 is 1.76 bits per heavy atom. The average molecular weight is 454 g/mol. The number of fused-ring (bicyclic) bond motifs is 1. The van der Waals surface area contributed by atoms with Crippen LogP contribution >= 0.6 is 0 Å². The number of rotatable bonds is 8. The molecule has 0 unspecified atom stereocenters. The molecule has 1 aliphatic rings. The van der Waals surface area contributed by atoms with Crippen molar-refractivity contribution >= 4 is 22.6 Å². The third-order valence-electron chi connectivity index (χ3n) is 6.61. The van der Waals surface area contributed by atoms with Crippen LogP contribution in [0.3, 0.4) is 0 Å². The normalized spacial score (nSPS) is 15.9. The lowest BCUT2D eigenvalue weighted by Gasteiger charge is -2.20. The fourth-order valence-electron chi connectivity index (χ4n) is 4.94. The van der Waals surface area contributed by atoms with Crippen molar-refractivity contribution in [3.8, 4) is 5.75 Å². The summed E-state index contributed by atoms with van der Waals surface area (Å²) in [6.07, 6.45) is 2.44. The molecule has 0 aliphatic carbocycles. The number of unbranched alkanes of at least 4 members (excludes halogenated alkanes) is 1. The standard InChI is InChI=1S/C29H31N3O2/c1-21-14-15-26(22(2)18-21)32-20-23(19-28(32)33)29-30-25-12-6-7-13-27(25)31(29)16-8-9-17-34-24-10-4-3-5-11-24/h3-7,10-15,18,23H,8-9,16-17,19-20H2,1-2H3/t23-/m1/s1. The fourth-order valence-corrected chi connectivity index (χ4v) is 4.94. The van der Waals surface area contributed by atoms with E-state index in [-0.39, 0.29) is 11.8 Å². The maximum absolute atomic E-state index is 13.0. The minimum absolute atomic E-state index is 0.0844. The maximum atomic E-state index is 13.0. The second-order valence-electron chi connectivity index (χ2n) is 9.17. The van der Waals surface area contributed by atoms with Gasteiger partial charge >= 0.3 is 0 Å². The first-order chi connectivity index (χ1) is 16.6. The van der Waals surface area contributed by atoms with Gasteiger partial charge in [-0.15, -0.1) is 0 Å². The van der Waals surface area contributed by atoms with E-state index < -0.39 is 0 Å². The highest BCUT2D eigenvalue weighted by atomic mass is 16.5. The Morgan fingerprint density at radius 3 is 2.59 bits per heavy atom. The predicted molar refractivity (Wildman–Crippen MR) is 137 cm³/mol. The van der Waals surface area contributed by atoms with Crippen LogP contribution in [0.25, 0.3) is 11.0 Å². The predicted octanol–water partition coefficient (Wildman–Crippen LogP) is 6.03. The molecule has 0 bridgehead atoms. The van der Waals surface area contributed by atoms with Crippen molar-refractivity contribution < 1.29 is 9.53 Å². The number of carbonyl (C=O) groups is 1. The number of ether oxygens (including phenoxy) is 1. The van der Waals surface area contributed by atoms with Gasteiger partial charge in [-0.25, -0.2) is 4.98 Å². The average Bonchev–Trinajstić information content (AvgIpc) is 3.40. The Hall–Kier alpha value is -3.60. The summed E-state index contributed by atoms with van der Waals surface area (Å²) >= 11 is 0. The minimum Gasteiger partial charge on any atom is -0.494 e. The number of nitrogens with zero attached hydrogens (tertiary/aromatic N) is 3. The molecule has 1 atom stereocenters. The molecule has 1 fully saturated rings. The molecule has 5 heteroatoms. The third kappa shape index (κ3) is 4.56. The quantitative estimate of drug-likeness (QED) is 0.306. The largest absolute Gasteiger partial charge is 0.494 e. The molecule has 0 spiro atoms. The highest BCUT2D eigenvalue weighted by Crippen LogP contribution is 2.34. The Bertz CT molecular complexity index is 1300. The van der Waals surface area contributed by atoms with Gasteiger partial charge in [0, 0.05) is 31.1 Å². The van der Waals surface area contributed by atoms with Crippen LogP contribution < -0.4 is 9.64 Å². The maximum Gasteiger partial charge on any atom is 0.227 e. The van der Waals surface area contributed by atoms with Gasteiger partial charge in [0.2, 0.25) is 5.91 Å². The first-order valence-corrected chi connectivity index (χ1v) is 12.1. The lowest BCUT2D eigenvalue weighted by atomic mass is 10.1. The Labute approximate surface area is 201 Å². The number of hydrogen-bond acceptors (Lipinski definition) is 3. The van der Waals surface area contributed by atoms with Crippen molar-refractivity contribution in [2.75, 3.05) is 18.1 Å². The summed E-state index contributed by atoms with van der Waals surface area (Å²) in [5.41, 5.74) is 5.50. The first-order valence-electron chi connectivity index (χ1n) is 12.1. The van der Waals surface area contributed by atoms with Crippen molar-refractivity contribution in [3.05, 3.63) is 89.7 Å². The zero-order valence-corrected chi connectivity index (χ0v) is 19.9. The molecule has 34 heavy (non-hydrogen) atoms. The number of hydrogen-bond donors (Lipinski definition) is 0. The summed E-state index contributed by atoms with van der Waals surface area (Å²) in [5.74, 6) is 2.19. The molecule has 0 saturated carbocycles. The van der Waals surface area contributed by atoms with Crippen LogP contribution in [0.15, 0.2) is 72.8 Å². The van der Waals surface area contributed by atoms with E-state index in [0.717, 1.165) is 53.2 Å². The third-order valence-corrected chi connectivity index (χ3v) is 6.61. The van der Waals surface area contributed by atoms with Gasteiger partial charge in [0.1, 0.15) is 11.6 Å². The highest BCUT2D eigenvalue weighted by molar-refractivity contribution is 5.97. The Morgan fingerprint density at radius 1 is 0.971 bits per heavy atom. The number of aromatic nitrogens is 2. The Balaban J connectivity index is 1.32. The summed E-state index contributed by atoms with van der Waals surface area (Å²) in [5, 5.41) is 0. The van der Waals surface area contributed by atoms with Gasteiger partial charge in [-0.3, -0.25) is 4.79 Å². The summed E-state index contributed by atoms with van der Waals surface area (Å²) in [4.78, 5) is 20.0. The van der Waals surface area contributed by atoms with Crippen molar-refractivity contribution in [1.82, 2.24) is 9.55 Å². The van der Waals surface area contributed by atoms with Gasteiger partial charge in [-0.2, -0.15) is 0 Å². The molecule has 5 nitrogen and oxygen atoms in total. The SMILES string of the molecule is Cc1ccc(N2C[C@H](c3nc4ccccc4n3CCCCOc3ccccc3)CC2=O)c(C)c1. The monoisotopic (exact) mass is 453 g/mol. The summed E-state index contributed by atoms with van der Waals surface area (Å²) in [6, 6.07) is 24.5. The minimum atomic E-state index is 0.0844. The molecule has 4 aromatic rings. The van der Waals surface area contributed by atoms with Gasteiger partial charge in [0.15, 0.2) is 0 Å². The number of carbonyl (C=O) groups excluding carboxylic acids is 1. The van der Waals surface area contributed by atoms with E-state index in [1.165, 1.54) is 5.56 Å². The molecule has 174 valence electrons. The van der Waals surface area contributed by atoms with Crippen LogP contribution in [0.5, 0.6) is 5.75 Å². The van der Waals surface area contributed by atoms with E-state index in [9.17, 15) is 4.79 Å². The topological polar surface area (TPSA) is 47.4 Å². The van der Waals surface area contributed by atoms with Crippen LogP contribution in [-0.2, 0) is 11.3 Å². The van der Waals surface area contributed by atoms with Crippen molar-refractivity contribution in [1.29, 1.82) is 0 Å². The molecule has 1 amide bonds. The molecule has 0 N–H and O–H groups in total. The summed E-state index contributed by atoms with van der Waals surface area (Å²) in [7, 11) is 0. The number of benzene rings is 3. The molecule has 5 rings (SSSR count). The van der Waals surface area contributed by atoms with E-state index in [4.69, 9.17) is 9.72 Å². The highest BCUT2D eigenvalue weighted by Gasteiger charge is 2.35. The van der Waals surface area contributed by atoms with Gasteiger partial charge in [0.05, 0.1) is 17.6 Å². The number of para-hydroxylation sites is 3. The van der Waals surface area contributed by atoms with Gasteiger partial charge < -0.3 is 14.2 Å². The van der Waals surface area contributed by atoms with Crippen LogP contribution in [-0.4, -0.2) is 28.6 Å². The summed E-state index contributed by atoms with van der Waals surface area (Å²) < 4.78 is 8.18. The molecule has 1 saturated heterocycles. The van der Waals surface area contributed by atoms with Crippen molar-refractivity contribution in [3.63, 3.8) is 0 Å². The molecular formula is C29H31N3O2. The van der Waals surface area contributed by atoms with E-state index in [1.54, 1.807) is 0 Å². The fraction of sp³-hybridized carbons (Fsp3) is 0.310. The van der Waals surface area contributed by atoms with E-state index in [2.05, 4.69) is 54.8 Å². The summed E-state index contributed by atoms with van der Waals surface area (Å²) in [6.45, 7) is 6.38. The van der Waals surface area contributed by atoms with Crippen LogP contribution in [0, 0.1) is 13.8 Å². The van der Waals surface area contributed by atoms with Gasteiger partial charge in [-0.1, -0.05) is 48.0 Å². The number of amides is 1. The molecule has 2 heterocycles. The van der Waals surface area contributed by atoms with Crippen molar-refractivity contribution in [2.45, 2.75) is 45.6 Å². The second kappa shape index (κ2) is 9.72. The van der Waals surface area contributed by atoms with E-state index in [0.29, 0.717) is 19.6 Å². The molecule has 1 aliphatic heterocycles. The first kappa shape index (κ1) is 22.2. The van der Waals surface area contributed by atoms with Crippen LogP contribution in [0.1, 0.15) is 42.1 Å². The zero-order chi connectivity index (χ0) is 23.5. The number of anilines is 1. The molecule has 0 radical (unpaired) electrons. The van der Waals surface area contributed by atoms with Gasteiger partial charge in [-0.05, 0) is 62.6 Å². The molecular weight excluding hydrogens is 422 g/mol. The zero-order valence-electron chi connectivity index (χ0n) is 19.9. The smallest absolute Gasteiger partial charge is 0.227 e. The number of imidazole rings is 1. The second-order valence-corrected chi connectivity index (χ2v) is 9.17. The molecule has 1 aromatic heterocycles. The lowest BCUT2D eigenvalue weighted by Crippen LogP contribution is -2.25. The van der Waals surface area contributed by atoms with Crippen LogP contribution in [0.4, 0.5) is 5.69 Å². The van der Waals surface area contributed by atoms with E-state index in [1.807, 2.05) is 41.3 Å². The lowest BCUT2D eigenvalue weighted by molar-refractivity contribution is -0.117.